The van der Waals surface area contributed by atoms with Gasteiger partial charge >= 0.3 is 0 Å². The van der Waals surface area contributed by atoms with E-state index < -0.39 is 0 Å². The minimum atomic E-state index is 0.121. The Bertz CT molecular complexity index is 953. The average molecular weight is 398 g/mol. The molecule has 1 aliphatic carbocycles. The highest BCUT2D eigenvalue weighted by molar-refractivity contribution is 7.18. The first kappa shape index (κ1) is 17.2. The molecule has 2 spiro atoms. The van der Waals surface area contributed by atoms with Gasteiger partial charge in [-0.15, -0.1) is 11.3 Å². The molecule has 148 valence electrons. The fourth-order valence-electron chi connectivity index (χ4n) is 5.65. The second-order valence-corrected chi connectivity index (χ2v) is 10.8. The Morgan fingerprint density at radius 1 is 1.18 bits per heavy atom. The van der Waals surface area contributed by atoms with Crippen molar-refractivity contribution in [3.8, 4) is 0 Å². The Morgan fingerprint density at radius 2 is 1.96 bits per heavy atom. The Kier molecular flexibility index (Phi) is 3.47. The number of aryl methyl sites for hydroxylation is 1. The van der Waals surface area contributed by atoms with E-state index >= 15 is 0 Å². The van der Waals surface area contributed by atoms with E-state index in [1.807, 2.05) is 0 Å². The molecule has 0 aromatic carbocycles. The highest BCUT2D eigenvalue weighted by Gasteiger charge is 2.58. The molecule has 0 unspecified atom stereocenters. The van der Waals surface area contributed by atoms with Gasteiger partial charge in [-0.3, -0.25) is 9.69 Å². The van der Waals surface area contributed by atoms with Crippen LogP contribution in [0, 0.1) is 10.8 Å². The Hall–Kier alpha value is -1.73. The molecular weight excluding hydrogens is 370 g/mol. The van der Waals surface area contributed by atoms with Crippen molar-refractivity contribution in [3.05, 3.63) is 17.3 Å². The van der Waals surface area contributed by atoms with Crippen LogP contribution in [0.5, 0.6) is 0 Å². The lowest BCUT2D eigenvalue weighted by molar-refractivity contribution is -0.149. The molecule has 1 atom stereocenters. The van der Waals surface area contributed by atoms with E-state index in [-0.39, 0.29) is 11.5 Å². The van der Waals surface area contributed by atoms with Crippen molar-refractivity contribution in [2.75, 3.05) is 44.7 Å². The van der Waals surface area contributed by atoms with E-state index in [0.717, 1.165) is 56.2 Å². The fourth-order valence-corrected chi connectivity index (χ4v) is 6.58. The number of rotatable bonds is 3. The van der Waals surface area contributed by atoms with Crippen LogP contribution in [0.3, 0.4) is 0 Å². The first-order valence-corrected chi connectivity index (χ1v) is 11.3. The van der Waals surface area contributed by atoms with Crippen molar-refractivity contribution < 1.29 is 4.79 Å². The summed E-state index contributed by atoms with van der Waals surface area (Å²) in [6.07, 6.45) is 6.44. The largest absolute Gasteiger partial charge is 0.354 e. The van der Waals surface area contributed by atoms with Crippen LogP contribution in [0.25, 0.3) is 10.2 Å². The molecule has 0 N–H and O–H groups in total. The third-order valence-corrected chi connectivity index (χ3v) is 8.60. The van der Waals surface area contributed by atoms with Crippen molar-refractivity contribution in [1.29, 1.82) is 0 Å². The van der Waals surface area contributed by atoms with Gasteiger partial charge in [0.05, 0.1) is 11.4 Å². The van der Waals surface area contributed by atoms with Crippen molar-refractivity contribution in [2.45, 2.75) is 38.6 Å². The van der Waals surface area contributed by atoms with E-state index in [0.29, 0.717) is 11.3 Å². The first-order chi connectivity index (χ1) is 13.5. The smallest absolute Gasteiger partial charge is 0.239 e. The van der Waals surface area contributed by atoms with Gasteiger partial charge in [0.2, 0.25) is 5.91 Å². The summed E-state index contributed by atoms with van der Waals surface area (Å²) in [5.74, 6) is 1.44. The van der Waals surface area contributed by atoms with Crippen LogP contribution >= 0.6 is 11.3 Å². The molecule has 1 amide bonds. The van der Waals surface area contributed by atoms with Crippen LogP contribution < -0.4 is 4.90 Å². The predicted octanol–water partition coefficient (Wildman–Crippen LogP) is 2.39. The maximum Gasteiger partial charge on any atom is 0.239 e. The first-order valence-electron chi connectivity index (χ1n) is 10.5. The number of aromatic nitrogens is 2. The number of carbonyl (C=O) groups excluding carboxylic acids is 1. The molecule has 2 aromatic rings. The number of fused-ring (bicyclic) bond motifs is 1. The standard InChI is InChI=1S/C21H27N5OS/c1-3-14-6-15-17(22-13-23-18(15)28-14)25-9-21(10-25)11-26(12-21)19(27)16-7-20(4-5-20)8-24(16)2/h6,13,16H,3-5,7-12H2,1-2H3/t16-/m0/s1. The van der Waals surface area contributed by atoms with Gasteiger partial charge in [-0.05, 0) is 44.2 Å². The van der Waals surface area contributed by atoms with Crippen molar-refractivity contribution in [1.82, 2.24) is 19.8 Å². The summed E-state index contributed by atoms with van der Waals surface area (Å²) in [6, 6.07) is 2.37. The molecular formula is C21H27N5OS. The second kappa shape index (κ2) is 5.66. The topological polar surface area (TPSA) is 52.6 Å². The lowest BCUT2D eigenvalue weighted by Crippen LogP contribution is -2.74. The average Bonchev–Trinajstić information content (AvgIpc) is 3.09. The van der Waals surface area contributed by atoms with E-state index in [1.54, 1.807) is 17.7 Å². The van der Waals surface area contributed by atoms with E-state index in [1.165, 1.54) is 23.1 Å². The van der Waals surface area contributed by atoms with Gasteiger partial charge in [0, 0.05) is 43.0 Å². The van der Waals surface area contributed by atoms with Gasteiger partial charge in [-0.1, -0.05) is 6.92 Å². The van der Waals surface area contributed by atoms with Crippen molar-refractivity contribution in [2.24, 2.45) is 10.8 Å². The monoisotopic (exact) mass is 397 g/mol. The van der Waals surface area contributed by atoms with Crippen LogP contribution in [-0.4, -0.2) is 71.5 Å². The molecule has 2 aromatic heterocycles. The Balaban J connectivity index is 1.11. The lowest BCUT2D eigenvalue weighted by Gasteiger charge is -2.61. The molecule has 0 bridgehead atoms. The minimum absolute atomic E-state index is 0.121. The van der Waals surface area contributed by atoms with Crippen LogP contribution in [0.1, 0.15) is 31.1 Å². The number of likely N-dealkylation sites (N-methyl/N-ethyl adjacent to an activating group) is 1. The van der Waals surface area contributed by atoms with Crippen molar-refractivity contribution >= 4 is 33.3 Å². The predicted molar refractivity (Wildman–Crippen MR) is 111 cm³/mol. The lowest BCUT2D eigenvalue weighted by atomic mass is 9.72. The maximum absolute atomic E-state index is 13.0. The summed E-state index contributed by atoms with van der Waals surface area (Å²) < 4.78 is 0. The zero-order chi connectivity index (χ0) is 19.1. The Morgan fingerprint density at radius 3 is 2.64 bits per heavy atom. The SMILES string of the molecule is CCc1cc2c(N3CC4(CN(C(=O)[C@@H]5CC6(CC6)CN5C)C4)C3)ncnc2s1. The second-order valence-electron chi connectivity index (χ2n) is 9.67. The molecule has 0 radical (unpaired) electrons. The minimum Gasteiger partial charge on any atom is -0.354 e. The molecule has 1 saturated carbocycles. The third-order valence-electron chi connectivity index (χ3n) is 7.41. The van der Waals surface area contributed by atoms with E-state index in [9.17, 15) is 4.79 Å². The van der Waals surface area contributed by atoms with Gasteiger partial charge in [-0.25, -0.2) is 9.97 Å². The van der Waals surface area contributed by atoms with Gasteiger partial charge in [0.15, 0.2) is 0 Å². The van der Waals surface area contributed by atoms with Crippen LogP contribution in [0.15, 0.2) is 12.4 Å². The zero-order valence-electron chi connectivity index (χ0n) is 16.6. The number of hydrogen-bond acceptors (Lipinski definition) is 6. The summed E-state index contributed by atoms with van der Waals surface area (Å²) in [4.78, 5) is 31.3. The number of carbonyl (C=O) groups is 1. The van der Waals surface area contributed by atoms with Crippen LogP contribution in [0.2, 0.25) is 0 Å². The highest BCUT2D eigenvalue weighted by Crippen LogP contribution is 2.55. The summed E-state index contributed by atoms with van der Waals surface area (Å²) in [5, 5.41) is 1.19. The number of hydrogen-bond donors (Lipinski definition) is 0. The summed E-state index contributed by atoms with van der Waals surface area (Å²) >= 11 is 1.77. The molecule has 6 nitrogen and oxygen atoms in total. The van der Waals surface area contributed by atoms with E-state index in [2.05, 4.69) is 44.7 Å². The molecule has 4 fully saturated rings. The maximum atomic E-state index is 13.0. The van der Waals surface area contributed by atoms with E-state index in [4.69, 9.17) is 0 Å². The van der Waals surface area contributed by atoms with Crippen LogP contribution in [-0.2, 0) is 11.2 Å². The highest BCUT2D eigenvalue weighted by atomic mass is 32.1. The van der Waals surface area contributed by atoms with Gasteiger partial charge in [0.25, 0.3) is 0 Å². The number of anilines is 1. The molecule has 4 aliphatic rings. The van der Waals surface area contributed by atoms with Gasteiger partial charge in [0.1, 0.15) is 17.0 Å². The number of amides is 1. The van der Waals surface area contributed by atoms with Crippen molar-refractivity contribution in [3.63, 3.8) is 0 Å². The normalized spacial score (nSPS) is 27.4. The third kappa shape index (κ3) is 2.45. The number of likely N-dealkylation sites (tertiary alicyclic amines) is 2. The number of nitrogens with zero attached hydrogens (tertiary/aromatic N) is 5. The molecule has 28 heavy (non-hydrogen) atoms. The Labute approximate surface area is 169 Å². The molecule has 3 aliphatic heterocycles. The molecule has 3 saturated heterocycles. The summed E-state index contributed by atoms with van der Waals surface area (Å²) in [5.41, 5.74) is 0.770. The van der Waals surface area contributed by atoms with Crippen LogP contribution in [0.4, 0.5) is 5.82 Å². The molecule has 7 heteroatoms. The summed E-state index contributed by atoms with van der Waals surface area (Å²) in [6.45, 7) is 7.13. The molecule has 6 rings (SSSR count). The van der Waals surface area contributed by atoms with Gasteiger partial charge < -0.3 is 9.80 Å². The fraction of sp³-hybridized carbons (Fsp3) is 0.667. The number of thiophene rings is 1. The molecule has 5 heterocycles. The summed E-state index contributed by atoms with van der Waals surface area (Å²) in [7, 11) is 2.13. The van der Waals surface area contributed by atoms with Gasteiger partial charge in [-0.2, -0.15) is 0 Å². The quantitative estimate of drug-likeness (QED) is 0.796. The zero-order valence-corrected chi connectivity index (χ0v) is 17.5.